The van der Waals surface area contributed by atoms with Crippen LogP contribution in [0, 0.1) is 5.92 Å². The van der Waals surface area contributed by atoms with Crippen LogP contribution in [0.1, 0.15) is 54.0 Å². The zero-order chi connectivity index (χ0) is 27.9. The normalized spacial score (nSPS) is 16.2. The first kappa shape index (κ1) is 27.6. The lowest BCUT2D eigenvalue weighted by Crippen LogP contribution is -2.61. The van der Waals surface area contributed by atoms with Crippen LogP contribution >= 0.6 is 0 Å². The molecular formula is C28H32N6O5. The third-order valence-corrected chi connectivity index (χ3v) is 6.60. The maximum atomic E-state index is 13.2. The number of hydrogen-bond acceptors (Lipinski definition) is 8. The standard InChI is InChI=1S/C28H32N6O5/c1-4-18-6-5-7-20(12-18)14-23-32-33-28(39-23)26(37)25(17(2)3)31-22(35)16-34-21(27(38)30-15-24(34)36)13-19-8-10-29-11-9-19/h5-12,17,21,25H,4,13-16H2,1-3H3,(H,30,38)(H,31,35)/t21?,25-/m0/s1. The molecule has 3 heterocycles. The van der Waals surface area contributed by atoms with E-state index in [0.717, 1.165) is 17.5 Å². The number of Topliss-reactive ketones (excluding diaryl/α,β-unsaturated/α-hetero) is 1. The second-order valence-corrected chi connectivity index (χ2v) is 9.82. The summed E-state index contributed by atoms with van der Waals surface area (Å²) in [5.74, 6) is -2.02. The SMILES string of the molecule is CCc1cccc(Cc2nnc(C(=O)[C@@H](NC(=O)CN3C(=O)CNC(=O)C3Cc3ccncc3)C(C)C)o2)c1. The van der Waals surface area contributed by atoms with E-state index in [1.807, 2.05) is 24.3 Å². The Bertz CT molecular complexity index is 1340. The van der Waals surface area contributed by atoms with Gasteiger partial charge >= 0.3 is 0 Å². The monoisotopic (exact) mass is 532 g/mol. The molecule has 1 aromatic carbocycles. The highest BCUT2D eigenvalue weighted by Gasteiger charge is 2.37. The van der Waals surface area contributed by atoms with E-state index < -0.39 is 23.8 Å². The number of rotatable bonds is 11. The molecule has 39 heavy (non-hydrogen) atoms. The second-order valence-electron chi connectivity index (χ2n) is 9.82. The fraction of sp³-hybridized carbons (Fsp3) is 0.393. The predicted molar refractivity (Wildman–Crippen MR) is 140 cm³/mol. The molecule has 1 saturated heterocycles. The van der Waals surface area contributed by atoms with E-state index in [-0.39, 0.29) is 43.1 Å². The number of carbonyl (C=O) groups excluding carboxylic acids is 4. The minimum Gasteiger partial charge on any atom is -0.418 e. The molecule has 0 aliphatic carbocycles. The van der Waals surface area contributed by atoms with Crippen LogP contribution in [0.15, 0.2) is 53.2 Å². The van der Waals surface area contributed by atoms with Crippen LogP contribution in [0.4, 0.5) is 0 Å². The molecule has 1 unspecified atom stereocenters. The van der Waals surface area contributed by atoms with Crippen LogP contribution in [0.25, 0.3) is 0 Å². The third-order valence-electron chi connectivity index (χ3n) is 6.60. The number of amides is 3. The summed E-state index contributed by atoms with van der Waals surface area (Å²) in [5, 5.41) is 13.2. The number of nitrogens with one attached hydrogen (secondary N) is 2. The summed E-state index contributed by atoms with van der Waals surface area (Å²) in [6.07, 6.45) is 4.70. The van der Waals surface area contributed by atoms with Crippen molar-refractivity contribution < 1.29 is 23.6 Å². The molecule has 3 aromatic rings. The van der Waals surface area contributed by atoms with Crippen molar-refractivity contribution in [2.75, 3.05) is 13.1 Å². The summed E-state index contributed by atoms with van der Waals surface area (Å²) < 4.78 is 5.65. The van der Waals surface area contributed by atoms with Crippen molar-refractivity contribution in [2.45, 2.75) is 52.1 Å². The Labute approximate surface area is 226 Å². The third kappa shape index (κ3) is 6.92. The van der Waals surface area contributed by atoms with Gasteiger partial charge in [-0.05, 0) is 41.2 Å². The van der Waals surface area contributed by atoms with Gasteiger partial charge in [0.15, 0.2) is 0 Å². The zero-order valence-corrected chi connectivity index (χ0v) is 22.2. The van der Waals surface area contributed by atoms with Crippen LogP contribution in [0.3, 0.4) is 0 Å². The van der Waals surface area contributed by atoms with Gasteiger partial charge in [0, 0.05) is 18.8 Å². The van der Waals surface area contributed by atoms with Crippen molar-refractivity contribution in [3.63, 3.8) is 0 Å². The van der Waals surface area contributed by atoms with Crippen molar-refractivity contribution in [1.82, 2.24) is 30.7 Å². The molecule has 0 saturated carbocycles. The Kier molecular flexibility index (Phi) is 8.80. The summed E-state index contributed by atoms with van der Waals surface area (Å²) in [6, 6.07) is 9.67. The predicted octanol–water partition coefficient (Wildman–Crippen LogP) is 1.51. The minimum absolute atomic E-state index is 0.195. The Balaban J connectivity index is 1.43. The van der Waals surface area contributed by atoms with E-state index in [1.54, 1.807) is 38.4 Å². The highest BCUT2D eigenvalue weighted by molar-refractivity contribution is 6.00. The molecular weight excluding hydrogens is 500 g/mol. The number of benzene rings is 1. The highest BCUT2D eigenvalue weighted by atomic mass is 16.4. The van der Waals surface area contributed by atoms with Crippen LogP contribution in [-0.2, 0) is 33.6 Å². The zero-order valence-electron chi connectivity index (χ0n) is 22.2. The molecule has 11 heteroatoms. The number of nitrogens with zero attached hydrogens (tertiary/aromatic N) is 4. The fourth-order valence-corrected chi connectivity index (χ4v) is 4.44. The van der Waals surface area contributed by atoms with Gasteiger partial charge in [-0.15, -0.1) is 10.2 Å². The molecule has 204 valence electrons. The Morgan fingerprint density at radius 2 is 1.85 bits per heavy atom. The first-order valence-corrected chi connectivity index (χ1v) is 12.9. The maximum absolute atomic E-state index is 13.2. The fourth-order valence-electron chi connectivity index (χ4n) is 4.44. The number of piperazine rings is 1. The number of aryl methyl sites for hydroxylation is 1. The molecule has 4 rings (SSSR count). The Morgan fingerprint density at radius 1 is 1.10 bits per heavy atom. The quantitative estimate of drug-likeness (QED) is 0.353. The lowest BCUT2D eigenvalue weighted by atomic mass is 9.99. The molecule has 1 aliphatic rings. The molecule has 11 nitrogen and oxygen atoms in total. The van der Waals surface area contributed by atoms with Crippen LogP contribution in [-0.4, -0.2) is 68.8 Å². The number of carbonyl (C=O) groups is 4. The summed E-state index contributed by atoms with van der Waals surface area (Å²) in [5.41, 5.74) is 2.97. The van der Waals surface area contributed by atoms with Crippen molar-refractivity contribution in [3.05, 3.63) is 77.3 Å². The van der Waals surface area contributed by atoms with Gasteiger partial charge in [0.25, 0.3) is 5.89 Å². The molecule has 1 aliphatic heterocycles. The smallest absolute Gasteiger partial charge is 0.286 e. The summed E-state index contributed by atoms with van der Waals surface area (Å²) in [4.78, 5) is 56.8. The lowest BCUT2D eigenvalue weighted by Gasteiger charge is -2.35. The van der Waals surface area contributed by atoms with E-state index in [4.69, 9.17) is 4.42 Å². The van der Waals surface area contributed by atoms with Crippen LogP contribution < -0.4 is 10.6 Å². The average Bonchev–Trinajstić information content (AvgIpc) is 3.40. The average molecular weight is 533 g/mol. The van der Waals surface area contributed by atoms with Gasteiger partial charge in [-0.3, -0.25) is 24.2 Å². The molecule has 0 radical (unpaired) electrons. The van der Waals surface area contributed by atoms with E-state index in [0.29, 0.717) is 12.3 Å². The number of hydrogen-bond donors (Lipinski definition) is 2. The first-order chi connectivity index (χ1) is 18.7. The molecule has 2 atom stereocenters. The maximum Gasteiger partial charge on any atom is 0.286 e. The lowest BCUT2D eigenvalue weighted by molar-refractivity contribution is -0.147. The summed E-state index contributed by atoms with van der Waals surface area (Å²) >= 11 is 0. The Hall–Kier alpha value is -4.41. The van der Waals surface area contributed by atoms with Crippen molar-refractivity contribution in [1.29, 1.82) is 0 Å². The van der Waals surface area contributed by atoms with Gasteiger partial charge in [0.1, 0.15) is 12.6 Å². The van der Waals surface area contributed by atoms with Gasteiger partial charge in [-0.2, -0.15) is 0 Å². The highest BCUT2D eigenvalue weighted by Crippen LogP contribution is 2.16. The Morgan fingerprint density at radius 3 is 2.56 bits per heavy atom. The van der Waals surface area contributed by atoms with Crippen molar-refractivity contribution >= 4 is 23.5 Å². The molecule has 2 N–H and O–H groups in total. The molecule has 1 fully saturated rings. The largest absolute Gasteiger partial charge is 0.418 e. The van der Waals surface area contributed by atoms with Gasteiger partial charge in [0.05, 0.1) is 19.0 Å². The van der Waals surface area contributed by atoms with Gasteiger partial charge in [0.2, 0.25) is 29.4 Å². The second kappa shape index (κ2) is 12.4. The van der Waals surface area contributed by atoms with E-state index >= 15 is 0 Å². The van der Waals surface area contributed by atoms with Crippen LogP contribution in [0.5, 0.6) is 0 Å². The number of aromatic nitrogens is 3. The molecule has 2 aromatic heterocycles. The van der Waals surface area contributed by atoms with Crippen molar-refractivity contribution in [2.24, 2.45) is 5.92 Å². The van der Waals surface area contributed by atoms with Crippen LogP contribution in [0.2, 0.25) is 0 Å². The van der Waals surface area contributed by atoms with Gasteiger partial charge in [-0.1, -0.05) is 45.0 Å². The minimum atomic E-state index is -0.957. The van der Waals surface area contributed by atoms with E-state index in [2.05, 4.69) is 32.7 Å². The number of pyridine rings is 1. The van der Waals surface area contributed by atoms with Gasteiger partial charge < -0.3 is 20.0 Å². The first-order valence-electron chi connectivity index (χ1n) is 12.9. The van der Waals surface area contributed by atoms with Crippen molar-refractivity contribution in [3.8, 4) is 0 Å². The summed E-state index contributed by atoms with van der Waals surface area (Å²) in [7, 11) is 0. The molecule has 3 amide bonds. The topological polar surface area (TPSA) is 147 Å². The van der Waals surface area contributed by atoms with Gasteiger partial charge in [-0.25, -0.2) is 0 Å². The van der Waals surface area contributed by atoms with E-state index in [9.17, 15) is 19.2 Å². The number of ketones is 1. The summed E-state index contributed by atoms with van der Waals surface area (Å²) in [6.45, 7) is 5.06. The van der Waals surface area contributed by atoms with E-state index in [1.165, 1.54) is 10.5 Å². The molecule has 0 spiro atoms. The molecule has 0 bridgehead atoms.